The summed E-state index contributed by atoms with van der Waals surface area (Å²) in [6.07, 6.45) is 1.69. The molecule has 0 radical (unpaired) electrons. The number of anilines is 1. The molecule has 0 saturated heterocycles. The molecule has 0 aliphatic heterocycles. The lowest BCUT2D eigenvalue weighted by Crippen LogP contribution is -2.22. The average Bonchev–Trinajstić information content (AvgIpc) is 3.06. The fraction of sp³-hybridized carbons (Fsp3) is 0.0417. The SMILES string of the molecule is CC(=O)Nc1cccc(-n2c(=O)n(-c3ccccc3Cl)c3c4cc(Br)ccc4ncc32)c1. The highest BCUT2D eigenvalue weighted by atomic mass is 79.9. The van der Waals surface area contributed by atoms with Gasteiger partial charge in [0, 0.05) is 22.5 Å². The van der Waals surface area contributed by atoms with E-state index in [9.17, 15) is 9.59 Å². The van der Waals surface area contributed by atoms with E-state index < -0.39 is 0 Å². The van der Waals surface area contributed by atoms with Crippen LogP contribution in [-0.4, -0.2) is 20.0 Å². The molecule has 0 bridgehead atoms. The number of halogens is 2. The first-order valence-electron chi connectivity index (χ1n) is 9.79. The van der Waals surface area contributed by atoms with Crippen LogP contribution in [0.4, 0.5) is 5.69 Å². The van der Waals surface area contributed by atoms with E-state index in [0.29, 0.717) is 33.1 Å². The number of rotatable bonds is 3. The molecule has 0 atom stereocenters. The first-order valence-corrected chi connectivity index (χ1v) is 11.0. The first kappa shape index (κ1) is 20.5. The molecule has 2 aromatic heterocycles. The van der Waals surface area contributed by atoms with Gasteiger partial charge >= 0.3 is 5.69 Å². The first-order chi connectivity index (χ1) is 15.4. The summed E-state index contributed by atoms with van der Waals surface area (Å²) in [5, 5.41) is 4.03. The number of nitrogens with one attached hydrogen (secondary N) is 1. The number of fused-ring (bicyclic) bond motifs is 3. The van der Waals surface area contributed by atoms with Gasteiger partial charge in [0.15, 0.2) is 0 Å². The maximum Gasteiger partial charge on any atom is 0.338 e. The van der Waals surface area contributed by atoms with Crippen LogP contribution in [0.3, 0.4) is 0 Å². The number of hydrogen-bond acceptors (Lipinski definition) is 3. The minimum Gasteiger partial charge on any atom is -0.326 e. The van der Waals surface area contributed by atoms with Gasteiger partial charge in [0.1, 0.15) is 0 Å². The molecule has 1 N–H and O–H groups in total. The van der Waals surface area contributed by atoms with E-state index in [1.165, 1.54) is 6.92 Å². The maximum absolute atomic E-state index is 13.8. The minimum absolute atomic E-state index is 0.189. The van der Waals surface area contributed by atoms with Crippen LogP contribution >= 0.6 is 27.5 Å². The molecular formula is C24H16BrClN4O2. The number of pyridine rings is 1. The van der Waals surface area contributed by atoms with Crippen molar-refractivity contribution in [3.05, 3.63) is 92.9 Å². The second-order valence-electron chi connectivity index (χ2n) is 7.29. The van der Waals surface area contributed by atoms with Crippen LogP contribution in [0.15, 0.2) is 82.2 Å². The van der Waals surface area contributed by atoms with E-state index in [4.69, 9.17) is 11.6 Å². The molecule has 8 heteroatoms. The highest BCUT2D eigenvalue weighted by molar-refractivity contribution is 9.10. The van der Waals surface area contributed by atoms with E-state index in [1.54, 1.807) is 39.6 Å². The fourth-order valence-corrected chi connectivity index (χ4v) is 4.45. The lowest BCUT2D eigenvalue weighted by molar-refractivity contribution is -0.114. The molecule has 2 heterocycles. The number of amides is 1. The van der Waals surface area contributed by atoms with Crippen molar-refractivity contribution in [2.24, 2.45) is 0 Å². The molecule has 32 heavy (non-hydrogen) atoms. The maximum atomic E-state index is 13.8. The van der Waals surface area contributed by atoms with Crippen LogP contribution < -0.4 is 11.0 Å². The zero-order valence-electron chi connectivity index (χ0n) is 16.8. The van der Waals surface area contributed by atoms with Crippen LogP contribution in [0.25, 0.3) is 33.3 Å². The Morgan fingerprint density at radius 3 is 2.62 bits per heavy atom. The quantitative estimate of drug-likeness (QED) is 0.340. The molecule has 1 amide bonds. The third-order valence-corrected chi connectivity index (χ3v) is 5.96. The van der Waals surface area contributed by atoms with Gasteiger partial charge in [-0.2, -0.15) is 0 Å². The summed E-state index contributed by atoms with van der Waals surface area (Å²) in [7, 11) is 0. The summed E-state index contributed by atoms with van der Waals surface area (Å²) in [4.78, 5) is 30.0. The number of carbonyl (C=O) groups is 1. The molecule has 158 valence electrons. The predicted octanol–water partition coefficient (Wildman–Crippen LogP) is 5.70. The molecule has 3 aromatic carbocycles. The number of benzene rings is 3. The van der Waals surface area contributed by atoms with E-state index in [1.807, 2.05) is 42.5 Å². The Morgan fingerprint density at radius 1 is 1.03 bits per heavy atom. The average molecular weight is 508 g/mol. The topological polar surface area (TPSA) is 68.9 Å². The van der Waals surface area contributed by atoms with Crippen molar-refractivity contribution >= 4 is 61.1 Å². The van der Waals surface area contributed by atoms with Crippen molar-refractivity contribution in [3.8, 4) is 11.4 Å². The zero-order chi connectivity index (χ0) is 22.4. The number of hydrogen-bond donors (Lipinski definition) is 1. The van der Waals surface area contributed by atoms with E-state index in [-0.39, 0.29) is 11.6 Å². The van der Waals surface area contributed by atoms with Gasteiger partial charge in [0.05, 0.1) is 39.1 Å². The van der Waals surface area contributed by atoms with Crippen LogP contribution in [-0.2, 0) is 4.79 Å². The van der Waals surface area contributed by atoms with Crippen LogP contribution in [0.2, 0.25) is 5.02 Å². The lowest BCUT2D eigenvalue weighted by Gasteiger charge is -2.07. The molecule has 6 nitrogen and oxygen atoms in total. The third kappa shape index (κ3) is 3.39. The summed E-state index contributed by atoms with van der Waals surface area (Å²) >= 11 is 10.0. The van der Waals surface area contributed by atoms with Crippen molar-refractivity contribution in [3.63, 3.8) is 0 Å². The van der Waals surface area contributed by atoms with Crippen molar-refractivity contribution in [2.75, 3.05) is 5.32 Å². The number of para-hydroxylation sites is 1. The van der Waals surface area contributed by atoms with Gasteiger partial charge in [-0.1, -0.05) is 45.7 Å². The Labute approximate surface area is 196 Å². The van der Waals surface area contributed by atoms with E-state index >= 15 is 0 Å². The molecule has 0 fully saturated rings. The van der Waals surface area contributed by atoms with Gasteiger partial charge in [0.25, 0.3) is 0 Å². The Bertz CT molecular complexity index is 1590. The van der Waals surface area contributed by atoms with Gasteiger partial charge in [-0.15, -0.1) is 0 Å². The van der Waals surface area contributed by atoms with Crippen molar-refractivity contribution in [1.29, 1.82) is 0 Å². The van der Waals surface area contributed by atoms with Crippen molar-refractivity contribution in [2.45, 2.75) is 6.92 Å². The largest absolute Gasteiger partial charge is 0.338 e. The summed E-state index contributed by atoms with van der Waals surface area (Å²) in [6, 6.07) is 20.1. The minimum atomic E-state index is -0.289. The highest BCUT2D eigenvalue weighted by Gasteiger charge is 2.20. The smallest absolute Gasteiger partial charge is 0.326 e. The second kappa shape index (κ2) is 7.93. The number of nitrogens with zero attached hydrogens (tertiary/aromatic N) is 3. The standard InChI is InChI=1S/C24H16BrClN4O2/c1-14(31)28-16-5-4-6-17(12-16)29-22-13-27-20-10-9-15(25)11-18(20)23(22)30(24(29)32)21-8-3-2-7-19(21)26/h2-13H,1H3,(H,28,31). The zero-order valence-corrected chi connectivity index (χ0v) is 19.2. The number of carbonyl (C=O) groups excluding carboxylic acids is 1. The number of aromatic nitrogens is 3. The Kier molecular flexibility index (Phi) is 5.07. The van der Waals surface area contributed by atoms with Gasteiger partial charge < -0.3 is 5.32 Å². The summed E-state index contributed by atoms with van der Waals surface area (Å²) in [5.74, 6) is -0.189. The van der Waals surface area contributed by atoms with E-state index in [2.05, 4.69) is 26.2 Å². The summed E-state index contributed by atoms with van der Waals surface area (Å²) in [5.41, 5.74) is 3.56. The molecule has 0 saturated carbocycles. The molecule has 0 aliphatic rings. The lowest BCUT2D eigenvalue weighted by atomic mass is 10.2. The molecule has 0 spiro atoms. The summed E-state index contributed by atoms with van der Waals surface area (Å²) < 4.78 is 4.06. The number of imidazole rings is 1. The fourth-order valence-electron chi connectivity index (χ4n) is 3.87. The summed E-state index contributed by atoms with van der Waals surface area (Å²) in [6.45, 7) is 1.44. The van der Waals surface area contributed by atoms with Crippen molar-refractivity contribution < 1.29 is 4.79 Å². The molecule has 5 aromatic rings. The third-order valence-electron chi connectivity index (χ3n) is 5.15. The Balaban J connectivity index is 1.92. The van der Waals surface area contributed by atoms with Crippen LogP contribution in [0.1, 0.15) is 6.92 Å². The molecular weight excluding hydrogens is 492 g/mol. The highest BCUT2D eigenvalue weighted by Crippen LogP contribution is 2.31. The van der Waals surface area contributed by atoms with Gasteiger partial charge in [0.2, 0.25) is 5.91 Å². The molecule has 5 rings (SSSR count). The van der Waals surface area contributed by atoms with Gasteiger partial charge in [-0.25, -0.2) is 4.79 Å². The molecule has 0 aliphatic carbocycles. The molecule has 0 unspecified atom stereocenters. The Morgan fingerprint density at radius 2 is 1.84 bits per heavy atom. The Hall–Kier alpha value is -3.42. The van der Waals surface area contributed by atoms with Crippen LogP contribution in [0, 0.1) is 0 Å². The monoisotopic (exact) mass is 506 g/mol. The normalized spacial score (nSPS) is 11.2. The second-order valence-corrected chi connectivity index (χ2v) is 8.61. The predicted molar refractivity (Wildman–Crippen MR) is 131 cm³/mol. The van der Waals surface area contributed by atoms with Crippen molar-refractivity contribution in [1.82, 2.24) is 14.1 Å². The van der Waals surface area contributed by atoms with E-state index in [0.717, 1.165) is 15.4 Å². The van der Waals surface area contributed by atoms with Crippen LogP contribution in [0.5, 0.6) is 0 Å². The van der Waals surface area contributed by atoms with Gasteiger partial charge in [-0.05, 0) is 48.5 Å². The van der Waals surface area contributed by atoms with Gasteiger partial charge in [-0.3, -0.25) is 18.9 Å².